The van der Waals surface area contributed by atoms with Gasteiger partial charge in [-0.3, -0.25) is 14.2 Å². The highest BCUT2D eigenvalue weighted by atomic mass is 16.1. The van der Waals surface area contributed by atoms with Gasteiger partial charge < -0.3 is 15.5 Å². The van der Waals surface area contributed by atoms with E-state index in [4.69, 9.17) is 70.6 Å². The highest BCUT2D eigenvalue weighted by Crippen LogP contribution is 2.62. The maximum Gasteiger partial charge on any atom is 0.263 e. The third kappa shape index (κ3) is 4.59. The van der Waals surface area contributed by atoms with Gasteiger partial charge in [0.15, 0.2) is 5.78 Å². The first-order valence-corrected chi connectivity index (χ1v) is 13.1. The number of hydrogen-bond acceptors (Lipinski definition) is 8. The summed E-state index contributed by atoms with van der Waals surface area (Å²) in [7, 11) is 57.3. The highest BCUT2D eigenvalue weighted by Gasteiger charge is 2.56. The van der Waals surface area contributed by atoms with Gasteiger partial charge in [0.1, 0.15) is 19.3 Å². The van der Waals surface area contributed by atoms with Crippen LogP contribution in [0.15, 0.2) is 29.3 Å². The molecule has 4 heterocycles. The van der Waals surface area contributed by atoms with Crippen LogP contribution in [0.5, 0.6) is 0 Å². The number of aryl methyl sites for hydroxylation is 1. The second-order valence-electron chi connectivity index (χ2n) is 11.4. The van der Waals surface area contributed by atoms with E-state index in [0.717, 1.165) is 4.57 Å². The lowest BCUT2D eigenvalue weighted by Gasteiger charge is -2.56. The van der Waals surface area contributed by atoms with Crippen molar-refractivity contribution < 1.29 is 4.79 Å². The van der Waals surface area contributed by atoms with Crippen LogP contribution in [0.4, 0.5) is 17.5 Å². The largest absolute Gasteiger partial charge is 0.391 e. The summed E-state index contributed by atoms with van der Waals surface area (Å²) >= 11 is 0. The van der Waals surface area contributed by atoms with Crippen molar-refractivity contribution in [2.24, 2.45) is 0 Å². The van der Waals surface area contributed by atoms with Crippen LogP contribution in [0.2, 0.25) is 10.4 Å². The van der Waals surface area contributed by atoms with Crippen LogP contribution < -0.4 is 21.1 Å². The molecule has 0 amide bonds. The van der Waals surface area contributed by atoms with E-state index in [-0.39, 0.29) is 43.1 Å². The Balaban J connectivity index is 1.62. The van der Waals surface area contributed by atoms with Crippen molar-refractivity contribution in [3.8, 4) is 0 Å². The number of pyridine rings is 2. The maximum atomic E-state index is 13.9. The fourth-order valence-electron chi connectivity index (χ4n) is 5.95. The van der Waals surface area contributed by atoms with E-state index in [0.29, 0.717) is 22.5 Å². The van der Waals surface area contributed by atoms with Gasteiger partial charge in [-0.05, 0) is 47.7 Å². The summed E-state index contributed by atoms with van der Waals surface area (Å²) in [5, 5.41) is 0.135. The molecule has 0 spiro atoms. The second kappa shape index (κ2) is 9.89. The van der Waals surface area contributed by atoms with Gasteiger partial charge in [-0.1, -0.05) is 23.3 Å². The molecule has 1 saturated carbocycles. The van der Waals surface area contributed by atoms with Gasteiger partial charge in [0, 0.05) is 24.7 Å². The van der Waals surface area contributed by atoms with Gasteiger partial charge in [-0.15, -0.1) is 0 Å². The molecule has 0 aromatic carbocycles. The Kier molecular flexibility index (Phi) is 7.23. The first-order valence-electron chi connectivity index (χ1n) is 13.1. The Hall–Kier alpha value is -2.75. The zero-order chi connectivity index (χ0) is 31.0. The van der Waals surface area contributed by atoms with E-state index in [2.05, 4.69) is 25.6 Å². The molecule has 1 saturated heterocycles. The van der Waals surface area contributed by atoms with E-state index >= 15 is 0 Å². The Morgan fingerprint density at radius 3 is 2.05 bits per heavy atom. The lowest BCUT2D eigenvalue weighted by molar-refractivity contribution is 0.101. The molecular weight excluding hydrogens is 516 g/mol. The first-order chi connectivity index (χ1) is 19.3. The summed E-state index contributed by atoms with van der Waals surface area (Å²) in [6, 6.07) is 3.29. The quantitative estimate of drug-likeness (QED) is 0.296. The Bertz CT molecular complexity index is 1610. The number of carbonyl (C=O) groups excluding carboxylic acids is 1. The fraction of sp³-hybridized carbons (Fsp3) is 0.458. The maximum absolute atomic E-state index is 13.9. The molecule has 42 heavy (non-hydrogen) atoms. The molecule has 2 fully saturated rings. The van der Waals surface area contributed by atoms with Gasteiger partial charge >= 0.3 is 0 Å². The molecule has 2 N–H and O–H groups in total. The normalized spacial score (nSPS) is 21.6. The van der Waals surface area contributed by atoms with Crippen LogP contribution in [0.25, 0.3) is 11.0 Å². The van der Waals surface area contributed by atoms with E-state index in [1.807, 2.05) is 0 Å². The second-order valence-corrected chi connectivity index (χ2v) is 11.4. The summed E-state index contributed by atoms with van der Waals surface area (Å²) in [4.78, 5) is 41.2. The number of fused-ring (bicyclic) bond motifs is 1. The first kappa shape index (κ1) is 30.7. The van der Waals surface area contributed by atoms with Crippen LogP contribution in [-0.4, -0.2) is 120 Å². The predicted octanol–water partition coefficient (Wildman–Crippen LogP) is -1.65. The van der Waals surface area contributed by atoms with Crippen LogP contribution >= 0.6 is 0 Å². The SMILES string of the molecule is [B]C1([B])CNCC([B])([B])N1c1ccc(Nc2ncc3c(C)c(C(C)=O)c(=O)n(C4([B])C([B])([B])CCC4([B])[B])c3n2)nc1. The molecule has 18 radical (unpaired) electrons. The Morgan fingerprint density at radius 2 is 1.52 bits per heavy atom. The van der Waals surface area contributed by atoms with Crippen molar-refractivity contribution in [1.29, 1.82) is 0 Å². The lowest BCUT2D eigenvalue weighted by atomic mass is 9.31. The molecule has 9 nitrogen and oxygen atoms in total. The van der Waals surface area contributed by atoms with Gasteiger partial charge in [0.05, 0.1) is 80.2 Å². The summed E-state index contributed by atoms with van der Waals surface area (Å²) in [6.07, 6.45) is 3.13. The number of aromatic nitrogens is 4. The molecule has 3 aromatic rings. The van der Waals surface area contributed by atoms with Crippen molar-refractivity contribution in [3.63, 3.8) is 0 Å². The average molecular weight is 536 g/mol. The van der Waals surface area contributed by atoms with Gasteiger partial charge in [-0.25, -0.2) is 9.97 Å². The summed E-state index contributed by atoms with van der Waals surface area (Å²) in [5.41, 5.74) is -2.09. The summed E-state index contributed by atoms with van der Waals surface area (Å²) in [6.45, 7) is 3.35. The number of carbonyl (C=O) groups is 1. The van der Waals surface area contributed by atoms with Gasteiger partial charge in [-0.2, -0.15) is 4.98 Å². The minimum Gasteiger partial charge on any atom is -0.391 e. The number of Topliss-reactive ketones (excluding diaryl/α,β-unsaturated/α-hetero) is 1. The third-order valence-electron chi connectivity index (χ3n) is 8.15. The van der Waals surface area contributed by atoms with Crippen molar-refractivity contribution in [3.05, 3.63) is 46.0 Å². The van der Waals surface area contributed by atoms with E-state index in [1.54, 1.807) is 19.1 Å². The van der Waals surface area contributed by atoms with Gasteiger partial charge in [0.25, 0.3) is 5.56 Å². The highest BCUT2D eigenvalue weighted by molar-refractivity contribution is 6.52. The number of anilines is 3. The van der Waals surface area contributed by atoms with Crippen LogP contribution in [-0.2, 0) is 5.44 Å². The predicted molar refractivity (Wildman–Crippen MR) is 171 cm³/mol. The van der Waals surface area contributed by atoms with Gasteiger partial charge in [0.2, 0.25) is 5.95 Å². The molecule has 3 aromatic heterocycles. The monoisotopic (exact) mass is 537 g/mol. The average Bonchev–Trinajstić information content (AvgIpc) is 3.03. The number of piperazine rings is 1. The number of hydrogen-bond donors (Lipinski definition) is 2. The van der Waals surface area contributed by atoms with E-state index in [1.165, 1.54) is 24.2 Å². The van der Waals surface area contributed by atoms with Crippen molar-refractivity contribution in [2.75, 3.05) is 23.3 Å². The number of nitrogens with zero attached hydrogens (tertiary/aromatic N) is 5. The molecule has 0 atom stereocenters. The molecule has 190 valence electrons. The zero-order valence-corrected chi connectivity index (χ0v) is 23.4. The van der Waals surface area contributed by atoms with E-state index < -0.39 is 37.9 Å². The summed E-state index contributed by atoms with van der Waals surface area (Å²) in [5.74, 6) is -0.142. The minimum absolute atomic E-state index is 0.0227. The zero-order valence-electron chi connectivity index (χ0n) is 23.4. The van der Waals surface area contributed by atoms with Crippen LogP contribution in [0, 0.1) is 6.92 Å². The third-order valence-corrected chi connectivity index (χ3v) is 8.15. The standard InChI is InChI=1S/C24H20B9N7O2/c1-11-14-8-36-19(37-15-4-3-13(7-35-15)40-22(29,30)9-34-10-23(40,31)32)38-17(14)39(18(42)16(11)12(2)41)24(33)20(25,26)5-6-21(24,27)28/h3-4,7-8,34H,5-6,9-10H2,1-2H3,(H,35,36,37,38). The molecule has 1 aliphatic carbocycles. The lowest BCUT2D eigenvalue weighted by Crippen LogP contribution is -2.74. The van der Waals surface area contributed by atoms with Crippen molar-refractivity contribution in [1.82, 2.24) is 24.8 Å². The Morgan fingerprint density at radius 1 is 0.929 bits per heavy atom. The van der Waals surface area contributed by atoms with Crippen LogP contribution in [0.3, 0.4) is 0 Å². The van der Waals surface area contributed by atoms with Crippen molar-refractivity contribution in [2.45, 2.75) is 53.2 Å². The molecular formula is C24H20B9N7O2. The number of nitrogens with one attached hydrogen (secondary N) is 2. The molecule has 0 unspecified atom stereocenters. The van der Waals surface area contributed by atoms with Crippen molar-refractivity contribution >= 4 is 105 Å². The Labute approximate surface area is 256 Å². The fourth-order valence-corrected chi connectivity index (χ4v) is 5.95. The van der Waals surface area contributed by atoms with E-state index in [9.17, 15) is 9.59 Å². The molecule has 0 bridgehead atoms. The molecule has 5 rings (SSSR count). The number of rotatable bonds is 5. The number of ketones is 1. The smallest absolute Gasteiger partial charge is 0.263 e. The topological polar surface area (TPSA) is 105 Å². The molecule has 18 heteroatoms. The summed E-state index contributed by atoms with van der Waals surface area (Å²) < 4.78 is 1.02. The van der Waals surface area contributed by atoms with Crippen LogP contribution in [0.1, 0.15) is 35.7 Å². The minimum atomic E-state index is -2.03. The molecule has 2 aliphatic rings. The molecule has 1 aliphatic heterocycles.